The van der Waals surface area contributed by atoms with Crippen molar-refractivity contribution in [3.05, 3.63) is 0 Å². The summed E-state index contributed by atoms with van der Waals surface area (Å²) in [6, 6.07) is 0.0401. The van der Waals surface area contributed by atoms with Crippen LogP contribution in [0.2, 0.25) is 0 Å². The van der Waals surface area contributed by atoms with Crippen LogP contribution in [0.4, 0.5) is 4.79 Å². The smallest absolute Gasteiger partial charge is 0.318 e. The highest BCUT2D eigenvalue weighted by Crippen LogP contribution is 2.31. The summed E-state index contributed by atoms with van der Waals surface area (Å²) in [6.07, 6.45) is 2.13. The number of hydrogen-bond acceptors (Lipinski definition) is 2. The molecule has 2 atom stereocenters. The average molecular weight is 284 g/mol. The maximum absolute atomic E-state index is 12.5. The number of urea groups is 1. The molecule has 2 N–H and O–H groups in total. The van der Waals surface area contributed by atoms with Gasteiger partial charge in [-0.2, -0.15) is 0 Å². The van der Waals surface area contributed by atoms with Crippen LogP contribution in [0.15, 0.2) is 0 Å². The van der Waals surface area contributed by atoms with Gasteiger partial charge in [0, 0.05) is 12.6 Å². The first kappa shape index (κ1) is 16.8. The lowest BCUT2D eigenvalue weighted by molar-refractivity contribution is -0.150. The number of nitrogens with one attached hydrogen (secondary N) is 1. The van der Waals surface area contributed by atoms with Gasteiger partial charge in [0.05, 0.1) is 11.0 Å². The monoisotopic (exact) mass is 284 g/mol. The summed E-state index contributed by atoms with van der Waals surface area (Å²) in [5, 5.41) is 12.2. The van der Waals surface area contributed by atoms with Crippen molar-refractivity contribution in [3.8, 4) is 0 Å². The van der Waals surface area contributed by atoms with Gasteiger partial charge in [0.25, 0.3) is 0 Å². The number of nitrogens with zero attached hydrogens (tertiary/aromatic N) is 1. The molecule has 116 valence electrons. The number of carboxylic acid groups (broad SMARTS) is 1. The van der Waals surface area contributed by atoms with Gasteiger partial charge >= 0.3 is 12.0 Å². The average Bonchev–Trinajstić information content (AvgIpc) is 2.31. The predicted octanol–water partition coefficient (Wildman–Crippen LogP) is 2.71. The predicted molar refractivity (Wildman–Crippen MR) is 78.6 cm³/mol. The highest BCUT2D eigenvalue weighted by Gasteiger charge is 2.45. The number of likely N-dealkylation sites (tertiary alicyclic amines) is 1. The van der Waals surface area contributed by atoms with Crippen molar-refractivity contribution in [1.29, 1.82) is 0 Å². The van der Waals surface area contributed by atoms with Crippen molar-refractivity contribution in [2.45, 2.75) is 66.0 Å². The standard InChI is InChI=1S/C15H28N2O3/c1-10-7-8-11(2)17(9-10)13(20)16-15(5,6)14(3,4)12(18)19/h10-11H,7-9H2,1-6H3,(H,16,20)(H,18,19). The first-order valence-corrected chi connectivity index (χ1v) is 7.31. The number of carbonyl (C=O) groups excluding carboxylic acids is 1. The van der Waals surface area contributed by atoms with Crippen LogP contribution in [0.3, 0.4) is 0 Å². The van der Waals surface area contributed by atoms with Crippen LogP contribution in [-0.2, 0) is 4.79 Å². The van der Waals surface area contributed by atoms with Crippen LogP contribution in [0.5, 0.6) is 0 Å². The van der Waals surface area contributed by atoms with Crippen LogP contribution < -0.4 is 5.32 Å². The summed E-state index contributed by atoms with van der Waals surface area (Å²) < 4.78 is 0. The maximum Gasteiger partial charge on any atom is 0.318 e. The minimum atomic E-state index is -1.03. The largest absolute Gasteiger partial charge is 0.481 e. The third-order valence-electron chi connectivity index (χ3n) is 4.90. The Bertz CT molecular complexity index is 391. The molecule has 0 radical (unpaired) electrons. The fourth-order valence-corrected chi connectivity index (χ4v) is 2.33. The molecule has 2 unspecified atom stereocenters. The lowest BCUT2D eigenvalue weighted by Gasteiger charge is -2.43. The third-order valence-corrected chi connectivity index (χ3v) is 4.90. The second-order valence-corrected chi connectivity index (χ2v) is 7.17. The van der Waals surface area contributed by atoms with E-state index >= 15 is 0 Å². The van der Waals surface area contributed by atoms with Gasteiger partial charge < -0.3 is 15.3 Å². The molecule has 2 amide bonds. The molecule has 1 aliphatic rings. The van der Waals surface area contributed by atoms with Crippen molar-refractivity contribution in [1.82, 2.24) is 10.2 Å². The van der Waals surface area contributed by atoms with Crippen molar-refractivity contribution < 1.29 is 14.7 Å². The summed E-state index contributed by atoms with van der Waals surface area (Å²) in [5.41, 5.74) is -1.86. The lowest BCUT2D eigenvalue weighted by atomic mass is 9.74. The summed E-state index contributed by atoms with van der Waals surface area (Å²) in [7, 11) is 0. The van der Waals surface area contributed by atoms with Crippen molar-refractivity contribution >= 4 is 12.0 Å². The van der Waals surface area contributed by atoms with Gasteiger partial charge in [-0.1, -0.05) is 6.92 Å². The van der Waals surface area contributed by atoms with Gasteiger partial charge in [0.15, 0.2) is 0 Å². The zero-order valence-corrected chi connectivity index (χ0v) is 13.5. The van der Waals surface area contributed by atoms with Crippen LogP contribution >= 0.6 is 0 Å². The molecule has 0 saturated carbocycles. The molecule has 1 saturated heterocycles. The van der Waals surface area contributed by atoms with E-state index in [4.69, 9.17) is 0 Å². The molecule has 1 rings (SSSR count). The topological polar surface area (TPSA) is 69.6 Å². The van der Waals surface area contributed by atoms with Gasteiger partial charge in [0.2, 0.25) is 0 Å². The van der Waals surface area contributed by atoms with E-state index in [1.807, 2.05) is 11.8 Å². The maximum atomic E-state index is 12.5. The molecule has 1 fully saturated rings. The Hall–Kier alpha value is -1.26. The van der Waals surface area contributed by atoms with E-state index in [0.717, 1.165) is 19.4 Å². The highest BCUT2D eigenvalue weighted by molar-refractivity contribution is 5.80. The number of piperidine rings is 1. The summed E-state index contributed by atoms with van der Waals surface area (Å²) in [6.45, 7) is 11.7. The summed E-state index contributed by atoms with van der Waals surface area (Å²) in [4.78, 5) is 25.7. The molecular formula is C15H28N2O3. The SMILES string of the molecule is CC1CCC(C)N(C(=O)NC(C)(C)C(C)(C)C(=O)O)C1. The molecule has 0 aromatic carbocycles. The highest BCUT2D eigenvalue weighted by atomic mass is 16.4. The molecule has 0 bridgehead atoms. The minimum Gasteiger partial charge on any atom is -0.481 e. The quantitative estimate of drug-likeness (QED) is 0.837. The van der Waals surface area contributed by atoms with E-state index in [1.165, 1.54) is 0 Å². The zero-order valence-electron chi connectivity index (χ0n) is 13.5. The first-order valence-electron chi connectivity index (χ1n) is 7.31. The van der Waals surface area contributed by atoms with Gasteiger partial charge in [-0.3, -0.25) is 4.79 Å². The van der Waals surface area contributed by atoms with E-state index in [1.54, 1.807) is 27.7 Å². The molecule has 5 heteroatoms. The molecule has 0 aromatic rings. The van der Waals surface area contributed by atoms with E-state index < -0.39 is 16.9 Å². The normalized spacial score (nSPS) is 24.4. The number of aliphatic carboxylic acids is 1. The molecular weight excluding hydrogens is 256 g/mol. The van der Waals surface area contributed by atoms with E-state index in [9.17, 15) is 14.7 Å². The third kappa shape index (κ3) is 3.25. The van der Waals surface area contributed by atoms with Gasteiger partial charge in [0.1, 0.15) is 0 Å². The summed E-state index contributed by atoms with van der Waals surface area (Å²) in [5.74, 6) is -0.421. The second kappa shape index (κ2) is 5.62. The molecule has 1 heterocycles. The second-order valence-electron chi connectivity index (χ2n) is 7.17. The number of amides is 2. The first-order chi connectivity index (χ1) is 8.99. The number of rotatable bonds is 3. The summed E-state index contributed by atoms with van der Waals surface area (Å²) >= 11 is 0. The van der Waals surface area contributed by atoms with Gasteiger partial charge in [-0.25, -0.2) is 4.79 Å². The van der Waals surface area contributed by atoms with Crippen LogP contribution in [0, 0.1) is 11.3 Å². The zero-order chi connectivity index (χ0) is 15.7. The van der Waals surface area contributed by atoms with Crippen molar-refractivity contribution in [2.24, 2.45) is 11.3 Å². The fourth-order valence-electron chi connectivity index (χ4n) is 2.33. The molecule has 20 heavy (non-hydrogen) atoms. The Morgan fingerprint density at radius 2 is 1.70 bits per heavy atom. The fraction of sp³-hybridized carbons (Fsp3) is 0.867. The van der Waals surface area contributed by atoms with Crippen LogP contribution in [0.25, 0.3) is 0 Å². The van der Waals surface area contributed by atoms with Crippen LogP contribution in [-0.4, -0.2) is 40.1 Å². The van der Waals surface area contributed by atoms with Crippen molar-refractivity contribution in [3.63, 3.8) is 0 Å². The van der Waals surface area contributed by atoms with Gasteiger partial charge in [-0.15, -0.1) is 0 Å². The Labute approximate surface area is 121 Å². The molecule has 1 aliphatic heterocycles. The Morgan fingerprint density at radius 1 is 1.15 bits per heavy atom. The van der Waals surface area contributed by atoms with Gasteiger partial charge in [-0.05, 0) is 53.4 Å². The molecule has 5 nitrogen and oxygen atoms in total. The Morgan fingerprint density at radius 3 is 2.20 bits per heavy atom. The Kier molecular flexibility index (Phi) is 4.72. The molecule has 0 spiro atoms. The molecule has 0 aliphatic carbocycles. The Balaban J connectivity index is 2.81. The van der Waals surface area contributed by atoms with Crippen LogP contribution in [0.1, 0.15) is 54.4 Å². The van der Waals surface area contributed by atoms with E-state index in [0.29, 0.717) is 5.92 Å². The number of hydrogen-bond donors (Lipinski definition) is 2. The minimum absolute atomic E-state index is 0.164. The lowest BCUT2D eigenvalue weighted by Crippen LogP contribution is -2.61. The number of carbonyl (C=O) groups is 2. The van der Waals surface area contributed by atoms with E-state index in [2.05, 4.69) is 12.2 Å². The number of carboxylic acids is 1. The van der Waals surface area contributed by atoms with E-state index in [-0.39, 0.29) is 12.1 Å². The molecule has 0 aromatic heterocycles. The van der Waals surface area contributed by atoms with Crippen molar-refractivity contribution in [2.75, 3.05) is 6.54 Å².